The smallest absolute Gasteiger partial charge is 0.205 e. The van der Waals surface area contributed by atoms with Gasteiger partial charge >= 0.3 is 0 Å². The average Bonchev–Trinajstić information content (AvgIpc) is 2.64. The van der Waals surface area contributed by atoms with Gasteiger partial charge in [0.05, 0.1) is 0 Å². The minimum atomic E-state index is 0.176. The van der Waals surface area contributed by atoms with E-state index in [4.69, 9.17) is 5.26 Å². The van der Waals surface area contributed by atoms with Crippen molar-refractivity contribution in [3.05, 3.63) is 12.2 Å². The first-order valence-corrected chi connectivity index (χ1v) is 10.8. The number of hydrogen-bond donors (Lipinski definition) is 1. The quantitative estimate of drug-likeness (QED) is 0.602. The number of aliphatic imine (C=N–C) groups is 1. The summed E-state index contributed by atoms with van der Waals surface area (Å²) in [5.74, 6) is 1.15. The van der Waals surface area contributed by atoms with Crippen molar-refractivity contribution in [3.8, 4) is 6.19 Å². The molecule has 0 spiro atoms. The molecule has 2 fully saturated rings. The van der Waals surface area contributed by atoms with Crippen LogP contribution in [0.25, 0.3) is 0 Å². The summed E-state index contributed by atoms with van der Waals surface area (Å²) in [6.07, 6.45) is 20.5. The molecule has 1 N–H and O–H groups in total. The fourth-order valence-corrected chi connectivity index (χ4v) is 5.37. The van der Waals surface area contributed by atoms with Crippen LogP contribution in [0, 0.1) is 29.2 Å². The summed E-state index contributed by atoms with van der Waals surface area (Å²) in [5.41, 5.74) is 1.04. The summed E-state index contributed by atoms with van der Waals surface area (Å²) in [5, 5.41) is 18.5. The highest BCUT2D eigenvalue weighted by molar-refractivity contribution is 5.92. The van der Waals surface area contributed by atoms with E-state index in [2.05, 4.69) is 22.0 Å². The third-order valence-corrected chi connectivity index (χ3v) is 6.85. The normalized spacial score (nSPS) is 31.5. The van der Waals surface area contributed by atoms with Crippen LogP contribution in [0.3, 0.4) is 0 Å². The summed E-state index contributed by atoms with van der Waals surface area (Å²) in [7, 11) is 0. The SMILES string of the molecule is N#CN=C1C(CCO)CC=CC1C1CCN(C2CCCCCCC2)CC1. The molecule has 0 bridgehead atoms. The van der Waals surface area contributed by atoms with Crippen molar-refractivity contribution in [3.63, 3.8) is 0 Å². The lowest BCUT2D eigenvalue weighted by Gasteiger charge is -2.41. The number of nitriles is 1. The van der Waals surface area contributed by atoms with Crippen molar-refractivity contribution in [2.24, 2.45) is 22.7 Å². The maximum absolute atomic E-state index is 9.35. The maximum atomic E-state index is 9.35. The molecule has 2 atom stereocenters. The van der Waals surface area contributed by atoms with Crippen molar-refractivity contribution in [1.29, 1.82) is 5.26 Å². The Morgan fingerprint density at radius 2 is 1.77 bits per heavy atom. The molecule has 3 aliphatic rings. The van der Waals surface area contributed by atoms with E-state index in [1.165, 1.54) is 70.9 Å². The predicted molar refractivity (Wildman–Crippen MR) is 106 cm³/mol. The van der Waals surface area contributed by atoms with Crippen LogP contribution in [0.2, 0.25) is 0 Å². The van der Waals surface area contributed by atoms with Crippen molar-refractivity contribution in [1.82, 2.24) is 4.90 Å². The highest BCUT2D eigenvalue weighted by Gasteiger charge is 2.34. The van der Waals surface area contributed by atoms with Gasteiger partial charge in [-0.3, -0.25) is 0 Å². The van der Waals surface area contributed by atoms with Gasteiger partial charge in [0.2, 0.25) is 6.19 Å². The molecule has 26 heavy (non-hydrogen) atoms. The zero-order valence-electron chi connectivity index (χ0n) is 16.2. The second-order valence-corrected chi connectivity index (χ2v) is 8.41. The lowest BCUT2D eigenvalue weighted by Crippen LogP contribution is -2.44. The molecular weight excluding hydrogens is 322 g/mol. The molecule has 2 aliphatic carbocycles. The van der Waals surface area contributed by atoms with Crippen LogP contribution in [-0.4, -0.2) is 41.5 Å². The van der Waals surface area contributed by atoms with Gasteiger partial charge in [-0.1, -0.05) is 44.3 Å². The first-order valence-electron chi connectivity index (χ1n) is 10.8. The minimum absolute atomic E-state index is 0.176. The summed E-state index contributed by atoms with van der Waals surface area (Å²) >= 11 is 0. The molecule has 1 saturated carbocycles. The van der Waals surface area contributed by atoms with E-state index < -0.39 is 0 Å². The van der Waals surface area contributed by atoms with E-state index in [0.717, 1.165) is 24.6 Å². The molecule has 3 rings (SSSR count). The van der Waals surface area contributed by atoms with Crippen molar-refractivity contribution >= 4 is 5.71 Å². The van der Waals surface area contributed by atoms with Gasteiger partial charge in [0.15, 0.2) is 0 Å². The second kappa shape index (κ2) is 10.2. The largest absolute Gasteiger partial charge is 0.396 e. The number of allylic oxidation sites excluding steroid dienone is 2. The second-order valence-electron chi connectivity index (χ2n) is 8.41. The van der Waals surface area contributed by atoms with Crippen LogP contribution >= 0.6 is 0 Å². The fraction of sp³-hybridized carbons (Fsp3) is 0.818. The Bertz CT molecular complexity index is 520. The van der Waals surface area contributed by atoms with Crippen LogP contribution in [0.1, 0.15) is 70.6 Å². The van der Waals surface area contributed by atoms with E-state index in [0.29, 0.717) is 11.8 Å². The monoisotopic (exact) mass is 357 g/mol. The van der Waals surface area contributed by atoms with Crippen LogP contribution < -0.4 is 0 Å². The van der Waals surface area contributed by atoms with E-state index in [1.54, 1.807) is 0 Å². The van der Waals surface area contributed by atoms with Crippen molar-refractivity contribution in [2.75, 3.05) is 19.7 Å². The van der Waals surface area contributed by atoms with Gasteiger partial charge in [-0.2, -0.15) is 10.3 Å². The third-order valence-electron chi connectivity index (χ3n) is 6.85. The van der Waals surface area contributed by atoms with Crippen LogP contribution in [0.15, 0.2) is 17.1 Å². The van der Waals surface area contributed by atoms with Gasteiger partial charge in [0.25, 0.3) is 0 Å². The Kier molecular flexibility index (Phi) is 7.70. The van der Waals surface area contributed by atoms with Gasteiger partial charge in [-0.15, -0.1) is 0 Å². The van der Waals surface area contributed by atoms with Gasteiger partial charge < -0.3 is 10.0 Å². The molecule has 4 heteroatoms. The molecule has 1 heterocycles. The van der Waals surface area contributed by atoms with Crippen molar-refractivity contribution in [2.45, 2.75) is 76.7 Å². The zero-order chi connectivity index (χ0) is 18.2. The number of nitrogens with zero attached hydrogens (tertiary/aromatic N) is 3. The van der Waals surface area contributed by atoms with E-state index in [9.17, 15) is 5.11 Å². The Labute approximate surface area is 159 Å². The van der Waals surface area contributed by atoms with Crippen molar-refractivity contribution < 1.29 is 5.11 Å². The molecule has 4 nitrogen and oxygen atoms in total. The molecule has 1 saturated heterocycles. The highest BCUT2D eigenvalue weighted by atomic mass is 16.3. The maximum Gasteiger partial charge on any atom is 0.205 e. The standard InChI is InChI=1S/C22H35N3O/c23-17-24-22-19(13-16-26)7-6-10-21(22)18-11-14-25(15-12-18)20-8-4-2-1-3-5-9-20/h6,10,18-21,26H,1-5,7-9,11-16H2. The Balaban J connectivity index is 1.59. The average molecular weight is 358 g/mol. The number of hydrogen-bond acceptors (Lipinski definition) is 4. The molecule has 2 unspecified atom stereocenters. The Morgan fingerprint density at radius 1 is 1.08 bits per heavy atom. The van der Waals surface area contributed by atoms with E-state index >= 15 is 0 Å². The molecule has 0 radical (unpaired) electrons. The lowest BCUT2D eigenvalue weighted by molar-refractivity contribution is 0.107. The lowest BCUT2D eigenvalue weighted by atomic mass is 9.73. The Hall–Kier alpha value is -1.18. The predicted octanol–water partition coefficient (Wildman–Crippen LogP) is 4.31. The summed E-state index contributed by atoms with van der Waals surface area (Å²) in [4.78, 5) is 6.97. The topological polar surface area (TPSA) is 59.6 Å². The Morgan fingerprint density at radius 3 is 2.42 bits per heavy atom. The van der Waals surface area contributed by atoms with Gasteiger partial charge in [-0.05, 0) is 57.5 Å². The number of aliphatic hydroxyl groups excluding tert-OH is 1. The molecular formula is C22H35N3O. The van der Waals surface area contributed by atoms with Crippen LogP contribution in [0.5, 0.6) is 0 Å². The number of rotatable bonds is 4. The van der Waals surface area contributed by atoms with Crippen LogP contribution in [-0.2, 0) is 0 Å². The van der Waals surface area contributed by atoms with Crippen LogP contribution in [0.4, 0.5) is 0 Å². The van der Waals surface area contributed by atoms with Gasteiger partial charge in [-0.25, -0.2) is 0 Å². The zero-order valence-corrected chi connectivity index (χ0v) is 16.2. The summed E-state index contributed by atoms with van der Waals surface area (Å²) in [6.45, 7) is 2.57. The molecule has 0 aromatic heterocycles. The number of aliphatic hydroxyl groups is 1. The third kappa shape index (κ3) is 4.96. The molecule has 0 amide bonds. The number of likely N-dealkylation sites (tertiary alicyclic amines) is 1. The summed E-state index contributed by atoms with van der Waals surface area (Å²) in [6, 6.07) is 0.799. The summed E-state index contributed by atoms with van der Waals surface area (Å²) < 4.78 is 0. The molecule has 144 valence electrons. The van der Waals surface area contributed by atoms with Gasteiger partial charge in [0, 0.05) is 30.2 Å². The number of piperidine rings is 1. The first-order chi connectivity index (χ1) is 12.8. The fourth-order valence-electron chi connectivity index (χ4n) is 5.37. The van der Waals surface area contributed by atoms with E-state index in [-0.39, 0.29) is 12.5 Å². The van der Waals surface area contributed by atoms with E-state index in [1.807, 2.05) is 6.19 Å². The molecule has 1 aliphatic heterocycles. The van der Waals surface area contributed by atoms with Gasteiger partial charge in [0.1, 0.15) is 0 Å². The first kappa shape index (κ1) is 19.6. The molecule has 0 aromatic carbocycles. The minimum Gasteiger partial charge on any atom is -0.396 e. The highest BCUT2D eigenvalue weighted by Crippen LogP contribution is 2.35. The molecule has 0 aromatic rings.